The Morgan fingerprint density at radius 3 is 1.84 bits per heavy atom. The molecule has 2 aromatic carbocycles. The van der Waals surface area contributed by atoms with E-state index in [2.05, 4.69) is 9.47 Å². The number of alkyl halides is 4. The van der Waals surface area contributed by atoms with Crippen LogP contribution < -0.4 is 0 Å². The van der Waals surface area contributed by atoms with Gasteiger partial charge in [-0.25, -0.2) is 4.39 Å². The van der Waals surface area contributed by atoms with E-state index in [9.17, 15) is 22.0 Å². The number of fused-ring (bicyclic) bond motifs is 2. The van der Waals surface area contributed by atoms with Gasteiger partial charge in [0.15, 0.2) is 0 Å². The summed E-state index contributed by atoms with van der Waals surface area (Å²) in [6.45, 7) is -0.205. The smallest absolute Gasteiger partial charge is 0.312 e. The van der Waals surface area contributed by atoms with Crippen LogP contribution in [-0.2, 0) is 34.9 Å². The molecule has 0 unspecified atom stereocenters. The second-order valence-electron chi connectivity index (χ2n) is 5.07. The summed E-state index contributed by atoms with van der Waals surface area (Å²) in [4.78, 5) is 0. The first kappa shape index (κ1) is 21.1. The fourth-order valence-electron chi connectivity index (χ4n) is 2.39. The van der Waals surface area contributed by atoms with Crippen molar-refractivity contribution in [2.75, 3.05) is 0 Å². The molecule has 25 heavy (non-hydrogen) atoms. The second-order valence-corrected chi connectivity index (χ2v) is 5.07. The summed E-state index contributed by atoms with van der Waals surface area (Å²) in [6.07, 6.45) is -6.32. The highest BCUT2D eigenvalue weighted by molar-refractivity contribution is 5.32. The van der Waals surface area contributed by atoms with Gasteiger partial charge in [0, 0.05) is 0 Å². The Hall–Kier alpha value is -1.99. The average Bonchev–Trinajstić information content (AvgIpc) is 2.97. The summed E-state index contributed by atoms with van der Waals surface area (Å²) in [5.74, 6) is -0.518. The lowest BCUT2D eigenvalue weighted by molar-refractivity contribution is -0.239. The van der Waals surface area contributed by atoms with E-state index in [0.717, 1.165) is 18.2 Å². The van der Waals surface area contributed by atoms with Crippen molar-refractivity contribution in [2.45, 2.75) is 40.3 Å². The Morgan fingerprint density at radius 2 is 1.24 bits per heavy atom. The van der Waals surface area contributed by atoms with Crippen molar-refractivity contribution in [3.05, 3.63) is 70.5 Å². The van der Waals surface area contributed by atoms with Crippen LogP contribution in [0.3, 0.4) is 0 Å². The van der Waals surface area contributed by atoms with Crippen LogP contribution in [0.1, 0.15) is 37.1 Å². The van der Waals surface area contributed by atoms with E-state index >= 15 is 0 Å². The average molecular weight is 362 g/mol. The number of ether oxygens (including phenoxy) is 2. The molecule has 0 N–H and O–H groups in total. The molecule has 0 saturated heterocycles. The van der Waals surface area contributed by atoms with Gasteiger partial charge in [-0.3, -0.25) is 0 Å². The van der Waals surface area contributed by atoms with Crippen LogP contribution in [0.15, 0.2) is 42.5 Å². The van der Waals surface area contributed by atoms with E-state index in [1.54, 1.807) is 18.2 Å². The van der Waals surface area contributed by atoms with Gasteiger partial charge in [0.25, 0.3) is 0 Å². The molecule has 0 amide bonds. The van der Waals surface area contributed by atoms with Crippen molar-refractivity contribution in [1.29, 1.82) is 0 Å². The van der Waals surface area contributed by atoms with Gasteiger partial charge in [0.1, 0.15) is 5.82 Å². The number of halogens is 5. The Bertz CT molecular complexity index is 731. The van der Waals surface area contributed by atoms with Gasteiger partial charge in [-0.05, 0) is 35.4 Å². The maximum atomic E-state index is 12.7. The van der Waals surface area contributed by atoms with Gasteiger partial charge in [0.2, 0.25) is 0 Å². The summed E-state index contributed by atoms with van der Waals surface area (Å²) >= 11 is 0. The van der Waals surface area contributed by atoms with Crippen LogP contribution in [0, 0.1) is 5.82 Å². The van der Waals surface area contributed by atoms with E-state index in [1.807, 2.05) is 0 Å². The predicted octanol–water partition coefficient (Wildman–Crippen LogP) is 5.94. The van der Waals surface area contributed by atoms with Crippen LogP contribution in [0.25, 0.3) is 0 Å². The first-order valence-corrected chi connectivity index (χ1v) is 6.70. The third kappa shape index (κ3) is 4.16. The van der Waals surface area contributed by atoms with Crippen LogP contribution in [0.2, 0.25) is 0 Å². The predicted molar refractivity (Wildman–Crippen MR) is 83.7 cm³/mol. The number of hydrogen-bond donors (Lipinski definition) is 0. The first-order valence-electron chi connectivity index (χ1n) is 6.70. The zero-order valence-electron chi connectivity index (χ0n) is 11.7. The van der Waals surface area contributed by atoms with Crippen molar-refractivity contribution in [3.63, 3.8) is 0 Å². The first-order chi connectivity index (χ1) is 10.8. The zero-order chi connectivity index (χ0) is 16.7. The van der Waals surface area contributed by atoms with Gasteiger partial charge < -0.3 is 9.47 Å². The molecule has 2 aromatic rings. The highest BCUT2D eigenvalue weighted by atomic mass is 19.3. The summed E-state index contributed by atoms with van der Waals surface area (Å²) in [6, 6.07) is 9.47. The Balaban J connectivity index is 0.000000232. The molecular formula is C18H19F5O2. The highest BCUT2D eigenvalue weighted by Crippen LogP contribution is 2.39. The molecular weight excluding hydrogens is 343 g/mol. The second kappa shape index (κ2) is 7.49. The zero-order valence-corrected chi connectivity index (χ0v) is 11.7. The quantitative estimate of drug-likeness (QED) is 0.540. The monoisotopic (exact) mass is 362 g/mol. The van der Waals surface area contributed by atoms with Gasteiger partial charge in [-0.15, -0.1) is 0 Å². The van der Waals surface area contributed by atoms with E-state index in [0.29, 0.717) is 5.56 Å². The molecule has 4 rings (SSSR count). The van der Waals surface area contributed by atoms with Crippen LogP contribution in [-0.4, -0.2) is 0 Å². The van der Waals surface area contributed by atoms with Crippen molar-refractivity contribution in [2.24, 2.45) is 0 Å². The maximum absolute atomic E-state index is 12.7. The SMILES string of the molecule is C.C.FC1(F)OCc2ccccc21.Fc1ccc2c(c1)COC2(F)F. The number of benzene rings is 2. The van der Waals surface area contributed by atoms with Crippen molar-refractivity contribution >= 4 is 0 Å². The number of hydrogen-bond acceptors (Lipinski definition) is 2. The standard InChI is InChI=1S/C8H5F3O.C8H6F2O.2CH4/c9-6-1-2-7-5(3-6)4-12-8(7,10)11;9-8(10)7-4-2-1-3-6(7)5-11-8;;/h1-3H,4H2;1-4H,5H2;2*1H4. The molecule has 0 spiro atoms. The van der Waals surface area contributed by atoms with Gasteiger partial charge >= 0.3 is 12.2 Å². The Kier molecular flexibility index (Phi) is 6.31. The molecule has 0 aliphatic carbocycles. The summed E-state index contributed by atoms with van der Waals surface area (Å²) in [7, 11) is 0. The molecule has 0 saturated carbocycles. The normalized spacial score (nSPS) is 18.0. The lowest BCUT2D eigenvalue weighted by atomic mass is 10.1. The molecule has 0 bridgehead atoms. The molecule has 0 fully saturated rings. The third-order valence-electron chi connectivity index (χ3n) is 3.53. The maximum Gasteiger partial charge on any atom is 0.383 e. The van der Waals surface area contributed by atoms with E-state index < -0.39 is 18.0 Å². The topological polar surface area (TPSA) is 18.5 Å². The molecule has 2 nitrogen and oxygen atoms in total. The largest absolute Gasteiger partial charge is 0.383 e. The van der Waals surface area contributed by atoms with E-state index in [4.69, 9.17) is 0 Å². The van der Waals surface area contributed by atoms with Gasteiger partial charge in [0.05, 0.1) is 24.3 Å². The molecule has 138 valence electrons. The third-order valence-corrected chi connectivity index (χ3v) is 3.53. The summed E-state index contributed by atoms with van der Waals surface area (Å²) in [5.41, 5.74) is 0.571. The lowest BCUT2D eigenvalue weighted by Crippen LogP contribution is -2.09. The summed E-state index contributed by atoms with van der Waals surface area (Å²) in [5, 5.41) is 0. The molecule has 2 heterocycles. The van der Waals surface area contributed by atoms with Gasteiger partial charge in [-0.2, -0.15) is 17.6 Å². The molecule has 2 aliphatic rings. The minimum Gasteiger partial charge on any atom is -0.312 e. The van der Waals surface area contributed by atoms with E-state index in [-0.39, 0.29) is 44.8 Å². The number of rotatable bonds is 0. The van der Waals surface area contributed by atoms with Crippen LogP contribution >= 0.6 is 0 Å². The molecule has 0 atom stereocenters. The fraction of sp³-hybridized carbons (Fsp3) is 0.333. The van der Waals surface area contributed by atoms with Crippen molar-refractivity contribution < 1.29 is 31.4 Å². The minimum absolute atomic E-state index is 0. The Morgan fingerprint density at radius 1 is 0.720 bits per heavy atom. The molecule has 2 aliphatic heterocycles. The summed E-state index contributed by atoms with van der Waals surface area (Å²) < 4.78 is 71.8. The fourth-order valence-corrected chi connectivity index (χ4v) is 2.39. The van der Waals surface area contributed by atoms with Crippen molar-refractivity contribution in [1.82, 2.24) is 0 Å². The van der Waals surface area contributed by atoms with Gasteiger partial charge in [-0.1, -0.05) is 33.1 Å². The van der Waals surface area contributed by atoms with Crippen molar-refractivity contribution in [3.8, 4) is 0 Å². The van der Waals surface area contributed by atoms with Crippen LogP contribution in [0.5, 0.6) is 0 Å². The highest BCUT2D eigenvalue weighted by Gasteiger charge is 2.41. The molecule has 0 radical (unpaired) electrons. The molecule has 7 heteroatoms. The van der Waals surface area contributed by atoms with E-state index in [1.165, 1.54) is 6.07 Å². The minimum atomic E-state index is -3.25. The van der Waals surface area contributed by atoms with Crippen LogP contribution in [0.4, 0.5) is 22.0 Å². The lowest BCUT2D eigenvalue weighted by Gasteiger charge is -2.07. The Labute approximate surface area is 143 Å². The molecule has 0 aromatic heterocycles.